The van der Waals surface area contributed by atoms with Crippen LogP contribution in [0.4, 0.5) is 0 Å². The normalized spacial score (nSPS) is 13.2. The van der Waals surface area contributed by atoms with Crippen LogP contribution in [0.3, 0.4) is 0 Å². The van der Waals surface area contributed by atoms with Gasteiger partial charge in [0.1, 0.15) is 0 Å². The summed E-state index contributed by atoms with van der Waals surface area (Å²) in [4.78, 5) is 3.67. The van der Waals surface area contributed by atoms with E-state index in [9.17, 15) is 8.42 Å². The number of sulfonamides is 1. The van der Waals surface area contributed by atoms with E-state index in [1.165, 1.54) is 11.3 Å². The standard InChI is InChI=1S/C13H24N2O3S2/c1-10-12(6-11(7-16)19-10)20(17,18)14-8-13(2,3)9-15(4)5/h6,14,16H,7-9H2,1-5H3. The Balaban J connectivity index is 2.82. The first-order valence-electron chi connectivity index (χ1n) is 6.42. The first-order valence-corrected chi connectivity index (χ1v) is 8.72. The van der Waals surface area contributed by atoms with Gasteiger partial charge in [-0.15, -0.1) is 11.3 Å². The van der Waals surface area contributed by atoms with Gasteiger partial charge in [0.25, 0.3) is 0 Å². The monoisotopic (exact) mass is 320 g/mol. The zero-order valence-electron chi connectivity index (χ0n) is 12.7. The molecular formula is C13H24N2O3S2. The quantitative estimate of drug-likeness (QED) is 0.797. The van der Waals surface area contributed by atoms with E-state index in [1.807, 2.05) is 32.8 Å². The molecule has 116 valence electrons. The Labute approximate surface area is 125 Å². The van der Waals surface area contributed by atoms with Gasteiger partial charge in [0.05, 0.1) is 11.5 Å². The maximum Gasteiger partial charge on any atom is 0.241 e. The Hall–Kier alpha value is -0.470. The average molecular weight is 320 g/mol. The van der Waals surface area contributed by atoms with Crippen molar-refractivity contribution in [3.05, 3.63) is 15.8 Å². The molecule has 0 bridgehead atoms. The molecule has 0 aliphatic rings. The van der Waals surface area contributed by atoms with Crippen molar-refractivity contribution in [1.82, 2.24) is 9.62 Å². The molecule has 0 aliphatic carbocycles. The first-order chi connectivity index (χ1) is 9.07. The highest BCUT2D eigenvalue weighted by Gasteiger charge is 2.25. The molecule has 5 nitrogen and oxygen atoms in total. The fourth-order valence-corrected chi connectivity index (χ4v) is 4.88. The van der Waals surface area contributed by atoms with Gasteiger partial charge in [0.15, 0.2) is 0 Å². The van der Waals surface area contributed by atoms with Crippen LogP contribution in [0.5, 0.6) is 0 Å². The molecule has 0 saturated heterocycles. The number of aliphatic hydroxyl groups is 1. The van der Waals surface area contributed by atoms with Gasteiger partial charge in [0.2, 0.25) is 10.0 Å². The Morgan fingerprint density at radius 2 is 2.00 bits per heavy atom. The van der Waals surface area contributed by atoms with Gasteiger partial charge in [-0.2, -0.15) is 0 Å². The Kier molecular flexibility index (Phi) is 5.74. The molecule has 1 rings (SSSR count). The van der Waals surface area contributed by atoms with Gasteiger partial charge in [-0.1, -0.05) is 13.8 Å². The van der Waals surface area contributed by atoms with E-state index in [-0.39, 0.29) is 16.9 Å². The molecule has 1 heterocycles. The summed E-state index contributed by atoms with van der Waals surface area (Å²) in [5.74, 6) is 0. The fourth-order valence-electron chi connectivity index (χ4n) is 2.15. The topological polar surface area (TPSA) is 69.6 Å². The van der Waals surface area contributed by atoms with Crippen LogP contribution in [0.25, 0.3) is 0 Å². The molecule has 0 fully saturated rings. The Morgan fingerprint density at radius 1 is 1.40 bits per heavy atom. The number of nitrogens with zero attached hydrogens (tertiary/aromatic N) is 1. The summed E-state index contributed by atoms with van der Waals surface area (Å²) >= 11 is 1.31. The Bertz CT molecular complexity index is 548. The van der Waals surface area contributed by atoms with Gasteiger partial charge in [0, 0.05) is 22.8 Å². The van der Waals surface area contributed by atoms with Gasteiger partial charge in [-0.05, 0) is 32.5 Å². The lowest BCUT2D eigenvalue weighted by Gasteiger charge is -2.28. The maximum absolute atomic E-state index is 12.3. The van der Waals surface area contributed by atoms with Gasteiger partial charge in [-0.3, -0.25) is 0 Å². The van der Waals surface area contributed by atoms with Crippen molar-refractivity contribution >= 4 is 21.4 Å². The molecule has 1 aromatic heterocycles. The van der Waals surface area contributed by atoms with Crippen LogP contribution in [0.15, 0.2) is 11.0 Å². The van der Waals surface area contributed by atoms with Crippen LogP contribution in [0, 0.1) is 12.3 Å². The van der Waals surface area contributed by atoms with Crippen molar-refractivity contribution in [3.8, 4) is 0 Å². The molecule has 1 aromatic rings. The third-order valence-electron chi connectivity index (χ3n) is 2.85. The van der Waals surface area contributed by atoms with E-state index in [1.54, 1.807) is 13.0 Å². The summed E-state index contributed by atoms with van der Waals surface area (Å²) in [6, 6.07) is 1.54. The molecule has 2 N–H and O–H groups in total. The first kappa shape index (κ1) is 17.6. The van der Waals surface area contributed by atoms with Crippen molar-refractivity contribution < 1.29 is 13.5 Å². The summed E-state index contributed by atoms with van der Waals surface area (Å²) in [6.07, 6.45) is 0. The molecule has 0 aromatic carbocycles. The SMILES string of the molecule is Cc1sc(CO)cc1S(=O)(=O)NCC(C)(C)CN(C)C. The van der Waals surface area contributed by atoms with Crippen molar-refractivity contribution in [3.63, 3.8) is 0 Å². The van der Waals surface area contributed by atoms with E-state index < -0.39 is 10.0 Å². The van der Waals surface area contributed by atoms with E-state index in [4.69, 9.17) is 5.11 Å². The van der Waals surface area contributed by atoms with Crippen molar-refractivity contribution in [2.45, 2.75) is 32.3 Å². The predicted octanol–water partition coefficient (Wildman–Crippen LogP) is 1.41. The molecule has 0 atom stereocenters. The lowest BCUT2D eigenvalue weighted by atomic mass is 9.93. The van der Waals surface area contributed by atoms with Crippen LogP contribution in [0.2, 0.25) is 0 Å². The summed E-state index contributed by atoms with van der Waals surface area (Å²) < 4.78 is 27.3. The molecular weight excluding hydrogens is 296 g/mol. The highest BCUT2D eigenvalue weighted by Crippen LogP contribution is 2.26. The molecule has 0 amide bonds. The number of thiophene rings is 1. The van der Waals surface area contributed by atoms with Crippen LogP contribution in [-0.4, -0.2) is 45.6 Å². The number of hydrogen-bond acceptors (Lipinski definition) is 5. The van der Waals surface area contributed by atoms with E-state index in [0.29, 0.717) is 16.3 Å². The van der Waals surface area contributed by atoms with Gasteiger partial charge in [-0.25, -0.2) is 13.1 Å². The van der Waals surface area contributed by atoms with Crippen LogP contribution < -0.4 is 4.72 Å². The lowest BCUT2D eigenvalue weighted by molar-refractivity contribution is 0.242. The summed E-state index contributed by atoms with van der Waals surface area (Å²) in [7, 11) is 0.412. The number of nitrogens with one attached hydrogen (secondary N) is 1. The van der Waals surface area contributed by atoms with Crippen molar-refractivity contribution in [1.29, 1.82) is 0 Å². The van der Waals surface area contributed by atoms with Crippen LogP contribution in [0.1, 0.15) is 23.6 Å². The smallest absolute Gasteiger partial charge is 0.241 e. The van der Waals surface area contributed by atoms with Gasteiger partial charge >= 0.3 is 0 Å². The molecule has 0 unspecified atom stereocenters. The third-order valence-corrected chi connectivity index (χ3v) is 5.55. The Morgan fingerprint density at radius 3 is 2.45 bits per heavy atom. The second kappa shape index (κ2) is 6.53. The van der Waals surface area contributed by atoms with Crippen LogP contribution >= 0.6 is 11.3 Å². The average Bonchev–Trinajstić information content (AvgIpc) is 2.67. The van der Waals surface area contributed by atoms with Crippen molar-refractivity contribution in [2.75, 3.05) is 27.2 Å². The molecule has 20 heavy (non-hydrogen) atoms. The molecule has 0 saturated carbocycles. The van der Waals surface area contributed by atoms with E-state index in [0.717, 1.165) is 6.54 Å². The second-order valence-corrected chi connectivity index (χ2v) is 9.09. The second-order valence-electron chi connectivity index (χ2n) is 6.02. The molecule has 0 radical (unpaired) electrons. The number of aliphatic hydroxyl groups excluding tert-OH is 1. The summed E-state index contributed by atoms with van der Waals surface area (Å²) in [5, 5.41) is 9.09. The zero-order valence-corrected chi connectivity index (χ0v) is 14.4. The van der Waals surface area contributed by atoms with E-state index in [2.05, 4.69) is 4.72 Å². The summed E-state index contributed by atoms with van der Waals surface area (Å²) in [6.45, 7) is 6.83. The lowest BCUT2D eigenvalue weighted by Crippen LogP contribution is -2.39. The maximum atomic E-state index is 12.3. The van der Waals surface area contributed by atoms with Crippen LogP contribution in [-0.2, 0) is 16.6 Å². The third kappa shape index (κ3) is 4.82. The minimum absolute atomic E-state index is 0.132. The highest BCUT2D eigenvalue weighted by atomic mass is 32.2. The molecule has 0 spiro atoms. The zero-order chi connectivity index (χ0) is 15.6. The number of rotatable bonds is 7. The van der Waals surface area contributed by atoms with Gasteiger partial charge < -0.3 is 10.0 Å². The van der Waals surface area contributed by atoms with E-state index >= 15 is 0 Å². The minimum atomic E-state index is -3.52. The number of aryl methyl sites for hydroxylation is 1. The minimum Gasteiger partial charge on any atom is -0.391 e. The molecule has 7 heteroatoms. The summed E-state index contributed by atoms with van der Waals surface area (Å²) in [5.41, 5.74) is -0.152. The fraction of sp³-hybridized carbons (Fsp3) is 0.692. The highest BCUT2D eigenvalue weighted by molar-refractivity contribution is 7.89. The number of hydrogen-bond donors (Lipinski definition) is 2. The molecule has 0 aliphatic heterocycles. The van der Waals surface area contributed by atoms with Crippen molar-refractivity contribution in [2.24, 2.45) is 5.41 Å². The predicted molar refractivity (Wildman–Crippen MR) is 82.5 cm³/mol. The largest absolute Gasteiger partial charge is 0.391 e.